The summed E-state index contributed by atoms with van der Waals surface area (Å²) in [7, 11) is 0. The molecular formula is C16H16N4OS. The molecule has 2 amide bonds. The van der Waals surface area contributed by atoms with Gasteiger partial charge >= 0.3 is 6.03 Å². The molecule has 0 aliphatic rings. The van der Waals surface area contributed by atoms with E-state index in [0.29, 0.717) is 5.13 Å². The number of anilines is 2. The van der Waals surface area contributed by atoms with Crippen LogP contribution in [0.3, 0.4) is 0 Å². The fourth-order valence-electron chi connectivity index (χ4n) is 2.01. The molecular weight excluding hydrogens is 296 g/mol. The van der Waals surface area contributed by atoms with Gasteiger partial charge in [-0.2, -0.15) is 0 Å². The maximum Gasteiger partial charge on any atom is 0.325 e. The van der Waals surface area contributed by atoms with Gasteiger partial charge < -0.3 is 9.88 Å². The number of amides is 2. The highest BCUT2D eigenvalue weighted by molar-refractivity contribution is 7.15. The Morgan fingerprint density at radius 3 is 2.36 bits per heavy atom. The first-order valence-corrected chi connectivity index (χ1v) is 7.69. The van der Waals surface area contributed by atoms with Crippen molar-refractivity contribution in [2.75, 3.05) is 10.6 Å². The average Bonchev–Trinajstić information content (AvgIpc) is 3.11. The van der Waals surface area contributed by atoms with E-state index in [1.54, 1.807) is 0 Å². The Balaban J connectivity index is 1.64. The molecule has 0 saturated carbocycles. The molecule has 22 heavy (non-hydrogen) atoms. The van der Waals surface area contributed by atoms with Gasteiger partial charge in [0.05, 0.1) is 5.69 Å². The lowest BCUT2D eigenvalue weighted by Crippen LogP contribution is -2.19. The Hall–Kier alpha value is -2.60. The minimum absolute atomic E-state index is 0.289. The van der Waals surface area contributed by atoms with Gasteiger partial charge in [0.25, 0.3) is 0 Å². The van der Waals surface area contributed by atoms with E-state index in [1.807, 2.05) is 67.2 Å². The fourth-order valence-corrected chi connectivity index (χ4v) is 2.82. The van der Waals surface area contributed by atoms with Crippen molar-refractivity contribution in [1.29, 1.82) is 0 Å². The smallest absolute Gasteiger partial charge is 0.324 e. The summed E-state index contributed by atoms with van der Waals surface area (Å²) >= 11 is 1.47. The zero-order valence-corrected chi connectivity index (χ0v) is 13.1. The van der Waals surface area contributed by atoms with Crippen LogP contribution >= 0.6 is 11.3 Å². The molecule has 0 bridgehead atoms. The highest BCUT2D eigenvalue weighted by Crippen LogP contribution is 2.21. The Morgan fingerprint density at radius 1 is 1.09 bits per heavy atom. The molecule has 0 saturated heterocycles. The number of thiazole rings is 1. The molecule has 2 heterocycles. The molecule has 0 radical (unpaired) electrons. The summed E-state index contributed by atoms with van der Waals surface area (Å²) in [6, 6.07) is 11.3. The molecule has 0 aliphatic heterocycles. The Kier molecular flexibility index (Phi) is 3.93. The lowest BCUT2D eigenvalue weighted by Gasteiger charge is -2.07. The van der Waals surface area contributed by atoms with E-state index in [-0.39, 0.29) is 6.03 Å². The van der Waals surface area contributed by atoms with Gasteiger partial charge in [0.1, 0.15) is 0 Å². The van der Waals surface area contributed by atoms with Gasteiger partial charge in [-0.15, -0.1) is 11.3 Å². The summed E-state index contributed by atoms with van der Waals surface area (Å²) in [6.45, 7) is 3.91. The number of aryl methyl sites for hydroxylation is 2. The summed E-state index contributed by atoms with van der Waals surface area (Å²) < 4.78 is 2.00. The SMILES string of the molecule is Cc1nc(NC(=O)Nc2ccc(-n3cccc3)cc2)sc1C. The van der Waals surface area contributed by atoms with Gasteiger partial charge in [-0.05, 0) is 50.2 Å². The largest absolute Gasteiger partial charge is 0.325 e. The first-order valence-electron chi connectivity index (χ1n) is 6.87. The first kappa shape index (κ1) is 14.3. The third kappa shape index (κ3) is 3.17. The Labute approximate surface area is 132 Å². The van der Waals surface area contributed by atoms with Crippen molar-refractivity contribution in [3.63, 3.8) is 0 Å². The molecule has 6 heteroatoms. The third-order valence-corrected chi connectivity index (χ3v) is 4.27. The van der Waals surface area contributed by atoms with Crippen LogP contribution in [0.15, 0.2) is 48.8 Å². The molecule has 0 fully saturated rings. The number of rotatable bonds is 3. The average molecular weight is 312 g/mol. The van der Waals surface area contributed by atoms with Crippen LogP contribution in [0.1, 0.15) is 10.6 Å². The highest BCUT2D eigenvalue weighted by Gasteiger charge is 2.08. The van der Waals surface area contributed by atoms with Crippen molar-refractivity contribution in [3.8, 4) is 5.69 Å². The third-order valence-electron chi connectivity index (χ3n) is 3.28. The van der Waals surface area contributed by atoms with Crippen molar-refractivity contribution in [1.82, 2.24) is 9.55 Å². The number of hydrogen-bond donors (Lipinski definition) is 2. The number of hydrogen-bond acceptors (Lipinski definition) is 3. The van der Waals surface area contributed by atoms with Crippen LogP contribution in [0.4, 0.5) is 15.6 Å². The molecule has 1 aromatic carbocycles. The topological polar surface area (TPSA) is 59.0 Å². The van der Waals surface area contributed by atoms with Gasteiger partial charge in [0, 0.05) is 28.6 Å². The van der Waals surface area contributed by atoms with Crippen LogP contribution in [-0.4, -0.2) is 15.6 Å². The fraction of sp³-hybridized carbons (Fsp3) is 0.125. The molecule has 5 nitrogen and oxygen atoms in total. The second-order valence-corrected chi connectivity index (χ2v) is 6.08. The number of benzene rings is 1. The van der Waals surface area contributed by atoms with Gasteiger partial charge in [-0.1, -0.05) is 0 Å². The number of carbonyl (C=O) groups excluding carboxylic acids is 1. The molecule has 3 rings (SSSR count). The van der Waals surface area contributed by atoms with Gasteiger partial charge in [0.15, 0.2) is 5.13 Å². The van der Waals surface area contributed by atoms with E-state index < -0.39 is 0 Å². The van der Waals surface area contributed by atoms with Crippen molar-refractivity contribution < 1.29 is 4.79 Å². The minimum atomic E-state index is -0.289. The zero-order valence-electron chi connectivity index (χ0n) is 12.3. The van der Waals surface area contributed by atoms with Crippen molar-refractivity contribution in [2.24, 2.45) is 0 Å². The number of nitrogens with one attached hydrogen (secondary N) is 2. The Bertz CT molecular complexity index is 756. The highest BCUT2D eigenvalue weighted by atomic mass is 32.1. The van der Waals surface area contributed by atoms with E-state index in [9.17, 15) is 4.79 Å². The summed E-state index contributed by atoms with van der Waals surface area (Å²) in [6.07, 6.45) is 3.95. The predicted molar refractivity (Wildman–Crippen MR) is 90.0 cm³/mol. The molecule has 0 aliphatic carbocycles. The lowest BCUT2D eigenvalue weighted by molar-refractivity contribution is 0.262. The molecule has 0 atom stereocenters. The number of carbonyl (C=O) groups is 1. The lowest BCUT2D eigenvalue weighted by atomic mass is 10.3. The first-order chi connectivity index (χ1) is 10.6. The summed E-state index contributed by atoms with van der Waals surface area (Å²) in [5, 5.41) is 6.15. The predicted octanol–water partition coefficient (Wildman–Crippen LogP) is 4.19. The normalized spacial score (nSPS) is 10.5. The van der Waals surface area contributed by atoms with Gasteiger partial charge in [-0.25, -0.2) is 9.78 Å². The maximum absolute atomic E-state index is 12.0. The zero-order chi connectivity index (χ0) is 15.5. The number of urea groups is 1. The summed E-state index contributed by atoms with van der Waals surface area (Å²) in [5.41, 5.74) is 2.72. The maximum atomic E-state index is 12.0. The van der Waals surface area contributed by atoms with Gasteiger partial charge in [0.2, 0.25) is 0 Å². The van der Waals surface area contributed by atoms with Gasteiger partial charge in [-0.3, -0.25) is 5.32 Å². The van der Waals surface area contributed by atoms with Crippen LogP contribution < -0.4 is 10.6 Å². The molecule has 0 spiro atoms. The minimum Gasteiger partial charge on any atom is -0.324 e. The quantitative estimate of drug-likeness (QED) is 0.761. The van der Waals surface area contributed by atoms with Crippen molar-refractivity contribution in [3.05, 3.63) is 59.4 Å². The van der Waals surface area contributed by atoms with E-state index in [0.717, 1.165) is 21.9 Å². The monoisotopic (exact) mass is 312 g/mol. The van der Waals surface area contributed by atoms with Crippen LogP contribution in [0.5, 0.6) is 0 Å². The van der Waals surface area contributed by atoms with Crippen LogP contribution in [-0.2, 0) is 0 Å². The Morgan fingerprint density at radius 2 is 1.77 bits per heavy atom. The second kappa shape index (κ2) is 6.03. The standard InChI is InChI=1S/C16H16N4OS/c1-11-12(2)22-16(17-11)19-15(21)18-13-5-7-14(8-6-13)20-9-3-4-10-20/h3-10H,1-2H3,(H2,17,18,19,21). The molecule has 0 unspecified atom stereocenters. The van der Waals surface area contributed by atoms with Crippen LogP contribution in [0, 0.1) is 13.8 Å². The second-order valence-electron chi connectivity index (χ2n) is 4.88. The van der Waals surface area contributed by atoms with Crippen molar-refractivity contribution >= 4 is 28.2 Å². The summed E-state index contributed by atoms with van der Waals surface area (Å²) in [4.78, 5) is 17.3. The molecule has 2 N–H and O–H groups in total. The van der Waals surface area contributed by atoms with E-state index in [2.05, 4.69) is 15.6 Å². The number of aromatic nitrogens is 2. The van der Waals surface area contributed by atoms with Crippen molar-refractivity contribution in [2.45, 2.75) is 13.8 Å². The summed E-state index contributed by atoms with van der Waals surface area (Å²) in [5.74, 6) is 0. The molecule has 2 aromatic heterocycles. The van der Waals surface area contributed by atoms with Crippen LogP contribution in [0.25, 0.3) is 5.69 Å². The van der Waals surface area contributed by atoms with E-state index >= 15 is 0 Å². The molecule has 112 valence electrons. The van der Waals surface area contributed by atoms with Crippen LogP contribution in [0.2, 0.25) is 0 Å². The van der Waals surface area contributed by atoms with E-state index in [4.69, 9.17) is 0 Å². The van der Waals surface area contributed by atoms with E-state index in [1.165, 1.54) is 11.3 Å². The number of nitrogens with zero attached hydrogens (tertiary/aromatic N) is 2. The molecule has 3 aromatic rings.